The van der Waals surface area contributed by atoms with Crippen LogP contribution >= 0.6 is 12.2 Å². The predicted octanol–water partition coefficient (Wildman–Crippen LogP) is 2.65. The highest BCUT2D eigenvalue weighted by atomic mass is 32.1. The first kappa shape index (κ1) is 17.6. The molecule has 1 aromatic rings. The molecule has 2 atom stereocenters. The SMILES string of the molecule is O=C(NC1CCCCC1N=C=S)c1cc([N+](=O)[O-])cc([N+](=O)[O-])c1. The maximum absolute atomic E-state index is 12.4. The Morgan fingerprint density at radius 2 is 1.75 bits per heavy atom. The van der Waals surface area contributed by atoms with E-state index < -0.39 is 27.1 Å². The van der Waals surface area contributed by atoms with Crippen LogP contribution in [0.25, 0.3) is 0 Å². The number of isothiocyanates is 1. The van der Waals surface area contributed by atoms with Crippen LogP contribution in [0.5, 0.6) is 0 Å². The Kier molecular flexibility index (Phi) is 5.67. The minimum absolute atomic E-state index is 0.133. The van der Waals surface area contributed by atoms with Gasteiger partial charge in [-0.3, -0.25) is 25.0 Å². The highest BCUT2D eigenvalue weighted by Crippen LogP contribution is 2.24. The van der Waals surface area contributed by atoms with Crippen LogP contribution < -0.4 is 5.32 Å². The molecule has 10 heteroatoms. The number of non-ortho nitro benzene ring substituents is 2. The third-order valence-electron chi connectivity index (χ3n) is 3.85. The van der Waals surface area contributed by atoms with Gasteiger partial charge in [-0.1, -0.05) is 12.8 Å². The molecule has 24 heavy (non-hydrogen) atoms. The lowest BCUT2D eigenvalue weighted by Gasteiger charge is -2.28. The summed E-state index contributed by atoms with van der Waals surface area (Å²) in [5, 5.41) is 26.8. The Hall–Kier alpha value is -2.71. The highest BCUT2D eigenvalue weighted by molar-refractivity contribution is 7.78. The molecule has 1 aromatic carbocycles. The van der Waals surface area contributed by atoms with E-state index in [0.717, 1.165) is 37.5 Å². The highest BCUT2D eigenvalue weighted by Gasteiger charge is 2.27. The van der Waals surface area contributed by atoms with Gasteiger partial charge in [0.25, 0.3) is 17.3 Å². The zero-order chi connectivity index (χ0) is 17.7. The van der Waals surface area contributed by atoms with E-state index in [1.807, 2.05) is 0 Å². The summed E-state index contributed by atoms with van der Waals surface area (Å²) in [6.45, 7) is 0. The van der Waals surface area contributed by atoms with Crippen molar-refractivity contribution in [2.45, 2.75) is 37.8 Å². The van der Waals surface area contributed by atoms with E-state index in [1.165, 1.54) is 0 Å². The van der Waals surface area contributed by atoms with Gasteiger partial charge in [-0.05, 0) is 25.1 Å². The van der Waals surface area contributed by atoms with Crippen LogP contribution in [-0.4, -0.2) is 33.0 Å². The second-order valence-electron chi connectivity index (χ2n) is 5.40. The Labute approximate surface area is 142 Å². The molecule has 1 N–H and O–H groups in total. The third-order valence-corrected chi connectivity index (χ3v) is 3.96. The Balaban J connectivity index is 2.26. The molecular formula is C14H14N4O5S. The fourth-order valence-corrected chi connectivity index (χ4v) is 2.83. The van der Waals surface area contributed by atoms with Gasteiger partial charge in [0.1, 0.15) is 0 Å². The van der Waals surface area contributed by atoms with Crippen molar-refractivity contribution in [1.82, 2.24) is 5.32 Å². The lowest BCUT2D eigenvalue weighted by molar-refractivity contribution is -0.394. The number of benzene rings is 1. The van der Waals surface area contributed by atoms with Crippen LogP contribution in [0.2, 0.25) is 0 Å². The van der Waals surface area contributed by atoms with Crippen molar-refractivity contribution in [1.29, 1.82) is 0 Å². The number of amides is 1. The van der Waals surface area contributed by atoms with Crippen molar-refractivity contribution in [3.8, 4) is 0 Å². The van der Waals surface area contributed by atoms with Crippen molar-refractivity contribution in [3.63, 3.8) is 0 Å². The largest absolute Gasteiger partial charge is 0.347 e. The van der Waals surface area contributed by atoms with Gasteiger partial charge in [0, 0.05) is 12.1 Å². The number of aliphatic imine (C=N–C) groups is 1. The smallest absolute Gasteiger partial charge is 0.277 e. The fraction of sp³-hybridized carbons (Fsp3) is 0.429. The summed E-state index contributed by atoms with van der Waals surface area (Å²) in [5.74, 6) is -0.613. The van der Waals surface area contributed by atoms with Crippen LogP contribution in [0.4, 0.5) is 11.4 Å². The van der Waals surface area contributed by atoms with Crippen molar-refractivity contribution in [2.75, 3.05) is 0 Å². The van der Waals surface area contributed by atoms with Crippen molar-refractivity contribution >= 4 is 34.7 Å². The molecule has 2 unspecified atom stereocenters. The van der Waals surface area contributed by atoms with Crippen molar-refractivity contribution < 1.29 is 14.6 Å². The topological polar surface area (TPSA) is 128 Å². The number of carbonyl (C=O) groups excluding carboxylic acids is 1. The molecule has 2 rings (SSSR count). The summed E-state index contributed by atoms with van der Waals surface area (Å²) < 4.78 is 0. The van der Waals surface area contributed by atoms with Crippen LogP contribution in [-0.2, 0) is 0 Å². The van der Waals surface area contributed by atoms with E-state index in [0.29, 0.717) is 6.42 Å². The molecule has 1 aliphatic carbocycles. The summed E-state index contributed by atoms with van der Waals surface area (Å²) in [6, 6.07) is 2.37. The first-order valence-electron chi connectivity index (χ1n) is 7.24. The monoisotopic (exact) mass is 350 g/mol. The van der Waals surface area contributed by atoms with Gasteiger partial charge in [-0.2, -0.15) is 0 Å². The van der Waals surface area contributed by atoms with Crippen LogP contribution in [0, 0.1) is 20.2 Å². The van der Waals surface area contributed by atoms with Gasteiger partial charge < -0.3 is 5.32 Å². The number of nitrogens with one attached hydrogen (secondary N) is 1. The lowest BCUT2D eigenvalue weighted by Crippen LogP contribution is -2.44. The van der Waals surface area contributed by atoms with E-state index in [-0.39, 0.29) is 17.6 Å². The van der Waals surface area contributed by atoms with Gasteiger partial charge in [-0.25, -0.2) is 4.99 Å². The summed E-state index contributed by atoms with van der Waals surface area (Å²) in [4.78, 5) is 36.6. The Morgan fingerprint density at radius 3 is 2.29 bits per heavy atom. The average Bonchev–Trinajstić information content (AvgIpc) is 2.56. The van der Waals surface area contributed by atoms with E-state index in [2.05, 4.69) is 27.7 Å². The zero-order valence-electron chi connectivity index (χ0n) is 12.5. The molecule has 0 saturated heterocycles. The van der Waals surface area contributed by atoms with Crippen LogP contribution in [0.15, 0.2) is 23.2 Å². The summed E-state index contributed by atoms with van der Waals surface area (Å²) >= 11 is 4.61. The Morgan fingerprint density at radius 1 is 1.17 bits per heavy atom. The van der Waals surface area contributed by atoms with Crippen molar-refractivity contribution in [3.05, 3.63) is 44.0 Å². The van der Waals surface area contributed by atoms with E-state index in [1.54, 1.807) is 0 Å². The van der Waals surface area contributed by atoms with Gasteiger partial charge in [0.05, 0.1) is 38.7 Å². The van der Waals surface area contributed by atoms with E-state index in [4.69, 9.17) is 0 Å². The number of thiocarbonyl (C=S) groups is 1. The predicted molar refractivity (Wildman–Crippen MR) is 88.3 cm³/mol. The maximum atomic E-state index is 12.4. The molecular weight excluding hydrogens is 336 g/mol. The molecule has 9 nitrogen and oxygen atoms in total. The second-order valence-corrected chi connectivity index (χ2v) is 5.59. The molecule has 1 fully saturated rings. The molecule has 126 valence electrons. The van der Waals surface area contributed by atoms with Gasteiger partial charge in [-0.15, -0.1) is 0 Å². The number of rotatable bonds is 5. The molecule has 0 aliphatic heterocycles. The van der Waals surface area contributed by atoms with E-state index >= 15 is 0 Å². The number of hydrogen-bond donors (Lipinski definition) is 1. The minimum Gasteiger partial charge on any atom is -0.347 e. The quantitative estimate of drug-likeness (QED) is 0.376. The maximum Gasteiger partial charge on any atom is 0.277 e. The molecule has 0 heterocycles. The normalized spacial score (nSPS) is 19.8. The first-order chi connectivity index (χ1) is 11.4. The first-order valence-corrected chi connectivity index (χ1v) is 7.65. The van der Waals surface area contributed by atoms with Gasteiger partial charge in [0.2, 0.25) is 0 Å². The third kappa shape index (κ3) is 4.18. The molecule has 0 bridgehead atoms. The standard InChI is InChI=1S/C14H14N4O5S/c19-14(16-13-4-2-1-3-12(13)15-8-24)9-5-10(17(20)21)7-11(6-9)18(22)23/h5-7,12-13H,1-4H2,(H,16,19). The number of nitro benzene ring substituents is 2. The number of hydrogen-bond acceptors (Lipinski definition) is 7. The minimum atomic E-state index is -0.774. The summed E-state index contributed by atoms with van der Waals surface area (Å²) in [5.41, 5.74) is -1.15. The summed E-state index contributed by atoms with van der Waals surface area (Å²) in [6.07, 6.45) is 3.31. The molecule has 1 aliphatic rings. The number of nitrogens with zero attached hydrogens (tertiary/aromatic N) is 3. The number of nitro groups is 2. The average molecular weight is 350 g/mol. The molecule has 1 amide bonds. The van der Waals surface area contributed by atoms with Crippen molar-refractivity contribution in [2.24, 2.45) is 4.99 Å². The molecule has 0 aromatic heterocycles. The second kappa shape index (κ2) is 7.71. The van der Waals surface area contributed by atoms with Gasteiger partial charge in [0.15, 0.2) is 0 Å². The summed E-state index contributed by atoms with van der Waals surface area (Å²) in [7, 11) is 0. The van der Waals surface area contributed by atoms with Crippen LogP contribution in [0.1, 0.15) is 36.0 Å². The fourth-order valence-electron chi connectivity index (χ4n) is 2.69. The van der Waals surface area contributed by atoms with Gasteiger partial charge >= 0.3 is 0 Å². The molecule has 1 saturated carbocycles. The Bertz CT molecular complexity index is 700. The van der Waals surface area contributed by atoms with Crippen LogP contribution in [0.3, 0.4) is 0 Å². The zero-order valence-corrected chi connectivity index (χ0v) is 13.3. The number of carbonyl (C=O) groups is 1. The lowest BCUT2D eigenvalue weighted by atomic mass is 9.90. The molecule has 0 spiro atoms. The van der Waals surface area contributed by atoms with E-state index in [9.17, 15) is 25.0 Å². The molecule has 0 radical (unpaired) electrons.